The number of hydrogen-bond donors (Lipinski definition) is 2. The molecule has 0 saturated heterocycles. The normalized spacial score (nSPS) is 16.2. The average molecular weight is 352 g/mol. The number of halogens is 1. The minimum atomic E-state index is -3.55. The minimum absolute atomic E-state index is 0.0991. The number of furan rings is 1. The molecule has 6 nitrogen and oxygen atoms in total. The molecule has 1 aromatic rings. The quantitative estimate of drug-likeness (QED) is 0.760. The lowest BCUT2D eigenvalue weighted by molar-refractivity contribution is 0.329. The van der Waals surface area contributed by atoms with E-state index in [0.29, 0.717) is 24.9 Å². The van der Waals surface area contributed by atoms with Crippen LogP contribution in [0.25, 0.3) is 0 Å². The van der Waals surface area contributed by atoms with Gasteiger partial charge in [0.1, 0.15) is 10.7 Å². The molecule has 0 unspecified atom stereocenters. The van der Waals surface area contributed by atoms with Crippen molar-refractivity contribution in [2.24, 2.45) is 5.73 Å². The highest BCUT2D eigenvalue weighted by Gasteiger charge is 2.26. The SMILES string of the molecule is CN(CCNS(=O)(=O)c1cc(CN)oc1Br)C1CC1. The molecule has 108 valence electrons. The van der Waals surface area contributed by atoms with Gasteiger partial charge in [0.25, 0.3) is 0 Å². The Bertz CT molecular complexity index is 539. The largest absolute Gasteiger partial charge is 0.452 e. The van der Waals surface area contributed by atoms with E-state index in [0.717, 1.165) is 0 Å². The van der Waals surface area contributed by atoms with Crippen LogP contribution in [-0.4, -0.2) is 39.5 Å². The fraction of sp³-hybridized carbons (Fsp3) is 0.636. The molecule has 1 aliphatic rings. The van der Waals surface area contributed by atoms with E-state index < -0.39 is 10.0 Å². The van der Waals surface area contributed by atoms with Crippen molar-refractivity contribution in [2.75, 3.05) is 20.1 Å². The fourth-order valence-electron chi connectivity index (χ4n) is 1.81. The number of sulfonamides is 1. The first-order valence-corrected chi connectivity index (χ1v) is 8.40. The van der Waals surface area contributed by atoms with E-state index in [1.807, 2.05) is 7.05 Å². The van der Waals surface area contributed by atoms with Gasteiger partial charge in [0.05, 0.1) is 6.54 Å². The molecule has 0 atom stereocenters. The fourth-order valence-corrected chi connectivity index (χ4v) is 3.83. The molecular weight excluding hydrogens is 334 g/mol. The molecule has 0 aromatic carbocycles. The van der Waals surface area contributed by atoms with E-state index in [4.69, 9.17) is 10.2 Å². The second-order valence-corrected chi connectivity index (χ2v) is 7.12. The molecule has 1 aromatic heterocycles. The Morgan fingerprint density at radius 3 is 2.79 bits per heavy atom. The first-order chi connectivity index (χ1) is 8.94. The highest BCUT2D eigenvalue weighted by Crippen LogP contribution is 2.26. The highest BCUT2D eigenvalue weighted by molar-refractivity contribution is 9.10. The lowest BCUT2D eigenvalue weighted by atomic mass is 10.5. The number of nitrogens with two attached hydrogens (primary N) is 1. The van der Waals surface area contributed by atoms with Gasteiger partial charge in [0.15, 0.2) is 4.67 Å². The van der Waals surface area contributed by atoms with Crippen LogP contribution < -0.4 is 10.5 Å². The molecule has 1 heterocycles. The maximum atomic E-state index is 12.1. The van der Waals surface area contributed by atoms with Crippen molar-refractivity contribution in [3.63, 3.8) is 0 Å². The number of rotatable bonds is 7. The van der Waals surface area contributed by atoms with Gasteiger partial charge in [-0.3, -0.25) is 0 Å². The summed E-state index contributed by atoms with van der Waals surface area (Å²) in [7, 11) is -1.55. The Kier molecular flexibility index (Phi) is 4.67. The summed E-state index contributed by atoms with van der Waals surface area (Å²) >= 11 is 3.10. The molecular formula is C11H18BrN3O3S. The highest BCUT2D eigenvalue weighted by atomic mass is 79.9. The standard InChI is InChI=1S/C11H18BrN3O3S/c1-15(8-2-3-8)5-4-14-19(16,17)10-6-9(7-13)18-11(10)12/h6,8,14H,2-5,7,13H2,1H3. The van der Waals surface area contributed by atoms with Gasteiger partial charge in [-0.25, -0.2) is 13.1 Å². The molecule has 0 radical (unpaired) electrons. The Morgan fingerprint density at radius 2 is 2.26 bits per heavy atom. The second-order valence-electron chi connectivity index (χ2n) is 4.66. The monoisotopic (exact) mass is 351 g/mol. The Balaban J connectivity index is 1.94. The predicted molar refractivity (Wildman–Crippen MR) is 75.1 cm³/mol. The first-order valence-electron chi connectivity index (χ1n) is 6.12. The average Bonchev–Trinajstić information content (AvgIpc) is 3.12. The first kappa shape index (κ1) is 15.0. The zero-order valence-corrected chi connectivity index (χ0v) is 13.1. The van der Waals surface area contributed by atoms with Crippen molar-refractivity contribution >= 4 is 26.0 Å². The number of likely N-dealkylation sites (N-methyl/N-ethyl adjacent to an activating group) is 1. The zero-order chi connectivity index (χ0) is 14.0. The van der Waals surface area contributed by atoms with Gasteiger partial charge >= 0.3 is 0 Å². The van der Waals surface area contributed by atoms with Gasteiger partial charge in [-0.15, -0.1) is 0 Å². The third-order valence-electron chi connectivity index (χ3n) is 3.12. The van der Waals surface area contributed by atoms with Crippen LogP contribution in [-0.2, 0) is 16.6 Å². The van der Waals surface area contributed by atoms with Crippen LogP contribution in [0.1, 0.15) is 18.6 Å². The zero-order valence-electron chi connectivity index (χ0n) is 10.7. The van der Waals surface area contributed by atoms with Crippen LogP contribution in [0.2, 0.25) is 0 Å². The van der Waals surface area contributed by atoms with Crippen molar-refractivity contribution in [3.8, 4) is 0 Å². The maximum absolute atomic E-state index is 12.1. The van der Waals surface area contributed by atoms with Gasteiger partial charge < -0.3 is 15.1 Å². The molecule has 0 spiro atoms. The molecule has 3 N–H and O–H groups in total. The van der Waals surface area contributed by atoms with E-state index in [1.165, 1.54) is 18.9 Å². The molecule has 1 fully saturated rings. The summed E-state index contributed by atoms with van der Waals surface area (Å²) in [6.45, 7) is 1.24. The summed E-state index contributed by atoms with van der Waals surface area (Å²) in [4.78, 5) is 2.26. The summed E-state index contributed by atoms with van der Waals surface area (Å²) in [5.41, 5.74) is 5.42. The summed E-state index contributed by atoms with van der Waals surface area (Å²) < 4.78 is 32.1. The van der Waals surface area contributed by atoms with Crippen LogP contribution in [0.15, 0.2) is 20.0 Å². The molecule has 1 saturated carbocycles. The summed E-state index contributed by atoms with van der Waals surface area (Å²) in [6.07, 6.45) is 2.41. The van der Waals surface area contributed by atoms with Gasteiger partial charge in [-0.2, -0.15) is 0 Å². The molecule has 0 aliphatic heterocycles. The molecule has 1 aliphatic carbocycles. The van der Waals surface area contributed by atoms with Crippen LogP contribution in [0.3, 0.4) is 0 Å². The van der Waals surface area contributed by atoms with Crippen LogP contribution >= 0.6 is 15.9 Å². The molecule has 8 heteroatoms. The van der Waals surface area contributed by atoms with Crippen molar-refractivity contribution in [1.82, 2.24) is 9.62 Å². The number of hydrogen-bond acceptors (Lipinski definition) is 5. The minimum Gasteiger partial charge on any atom is -0.452 e. The smallest absolute Gasteiger partial charge is 0.245 e. The van der Waals surface area contributed by atoms with E-state index in [9.17, 15) is 8.42 Å². The van der Waals surface area contributed by atoms with Crippen molar-refractivity contribution in [3.05, 3.63) is 16.5 Å². The lowest BCUT2D eigenvalue weighted by Gasteiger charge is -2.15. The van der Waals surface area contributed by atoms with E-state index in [2.05, 4.69) is 25.6 Å². The summed E-state index contributed by atoms with van der Waals surface area (Å²) in [6, 6.07) is 2.06. The van der Waals surface area contributed by atoms with Crippen LogP contribution in [0.5, 0.6) is 0 Å². The molecule has 19 heavy (non-hydrogen) atoms. The topological polar surface area (TPSA) is 88.6 Å². The van der Waals surface area contributed by atoms with Gasteiger partial charge in [-0.05, 0) is 35.8 Å². The summed E-state index contributed by atoms with van der Waals surface area (Å²) in [5.74, 6) is 0.433. The van der Waals surface area contributed by atoms with Crippen LogP contribution in [0.4, 0.5) is 0 Å². The maximum Gasteiger partial charge on any atom is 0.245 e. The Hall–Kier alpha value is -0.410. The summed E-state index contributed by atoms with van der Waals surface area (Å²) in [5, 5.41) is 0. The van der Waals surface area contributed by atoms with Crippen molar-refractivity contribution < 1.29 is 12.8 Å². The lowest BCUT2D eigenvalue weighted by Crippen LogP contribution is -2.33. The second kappa shape index (κ2) is 5.92. The molecule has 0 bridgehead atoms. The van der Waals surface area contributed by atoms with Crippen molar-refractivity contribution in [2.45, 2.75) is 30.3 Å². The van der Waals surface area contributed by atoms with E-state index in [1.54, 1.807) is 0 Å². The Morgan fingerprint density at radius 1 is 1.58 bits per heavy atom. The number of nitrogens with one attached hydrogen (secondary N) is 1. The van der Waals surface area contributed by atoms with Gasteiger partial charge in [0.2, 0.25) is 10.0 Å². The molecule has 0 amide bonds. The van der Waals surface area contributed by atoms with Gasteiger partial charge in [0, 0.05) is 25.2 Å². The molecule has 2 rings (SSSR count). The number of nitrogens with zero attached hydrogens (tertiary/aromatic N) is 1. The van der Waals surface area contributed by atoms with Crippen LogP contribution in [0, 0.1) is 0 Å². The third-order valence-corrected chi connectivity index (χ3v) is 5.44. The van der Waals surface area contributed by atoms with E-state index in [-0.39, 0.29) is 16.1 Å². The van der Waals surface area contributed by atoms with Crippen molar-refractivity contribution in [1.29, 1.82) is 0 Å². The predicted octanol–water partition coefficient (Wildman–Crippen LogP) is 0.873. The van der Waals surface area contributed by atoms with E-state index >= 15 is 0 Å². The Labute approximate surface area is 121 Å². The third kappa shape index (κ3) is 3.79. The van der Waals surface area contributed by atoms with Gasteiger partial charge in [-0.1, -0.05) is 0 Å².